The molecule has 0 aliphatic carbocycles. The standard InChI is InChI=1S/C19H30N2O/c1-19(2,22)10-8-15-4-6-16(7-5-15)12-21-13-17-9-11-20(3)18(17)14-21/h4-7,17-18,22H,8-14H2,1-3H3/t17-,18+/m0/s1. The van der Waals surface area contributed by atoms with Gasteiger partial charge >= 0.3 is 0 Å². The first-order valence-corrected chi connectivity index (χ1v) is 8.63. The minimum absolute atomic E-state index is 0.571. The molecule has 2 saturated heterocycles. The molecule has 2 aliphatic rings. The minimum atomic E-state index is -0.571. The van der Waals surface area contributed by atoms with E-state index < -0.39 is 5.60 Å². The molecule has 2 atom stereocenters. The molecule has 3 rings (SSSR count). The average Bonchev–Trinajstić information content (AvgIpc) is 3.00. The molecule has 2 heterocycles. The molecule has 3 nitrogen and oxygen atoms in total. The van der Waals surface area contributed by atoms with E-state index in [4.69, 9.17) is 0 Å². The quantitative estimate of drug-likeness (QED) is 0.905. The normalized spacial score (nSPS) is 26.5. The van der Waals surface area contributed by atoms with E-state index in [1.165, 1.54) is 37.2 Å². The van der Waals surface area contributed by atoms with E-state index in [-0.39, 0.29) is 0 Å². The fraction of sp³-hybridized carbons (Fsp3) is 0.684. The molecule has 0 radical (unpaired) electrons. The first-order chi connectivity index (χ1) is 10.4. The summed E-state index contributed by atoms with van der Waals surface area (Å²) in [4.78, 5) is 5.14. The second kappa shape index (κ2) is 6.31. The number of likely N-dealkylation sites (tertiary alicyclic amines) is 2. The molecule has 1 N–H and O–H groups in total. The van der Waals surface area contributed by atoms with Crippen LogP contribution in [0.25, 0.3) is 0 Å². The zero-order valence-corrected chi connectivity index (χ0v) is 14.3. The highest BCUT2D eigenvalue weighted by Crippen LogP contribution is 2.30. The van der Waals surface area contributed by atoms with Gasteiger partial charge < -0.3 is 10.0 Å². The van der Waals surface area contributed by atoms with Gasteiger partial charge in [0, 0.05) is 25.7 Å². The number of aryl methyl sites for hydroxylation is 1. The number of hydrogen-bond donors (Lipinski definition) is 1. The zero-order valence-electron chi connectivity index (χ0n) is 14.3. The van der Waals surface area contributed by atoms with Gasteiger partial charge in [0.05, 0.1) is 5.60 Å². The molecule has 122 valence electrons. The van der Waals surface area contributed by atoms with Crippen LogP contribution < -0.4 is 0 Å². The molecule has 0 spiro atoms. The summed E-state index contributed by atoms with van der Waals surface area (Å²) in [6.45, 7) is 8.59. The second-order valence-electron chi connectivity index (χ2n) is 7.92. The Labute approximate surface area is 134 Å². The smallest absolute Gasteiger partial charge is 0.0594 e. The third kappa shape index (κ3) is 3.89. The topological polar surface area (TPSA) is 26.7 Å². The lowest BCUT2D eigenvalue weighted by Gasteiger charge is -2.21. The largest absolute Gasteiger partial charge is 0.390 e. The molecule has 2 fully saturated rings. The molecule has 1 aromatic carbocycles. The Morgan fingerprint density at radius 3 is 2.45 bits per heavy atom. The molecule has 0 saturated carbocycles. The summed E-state index contributed by atoms with van der Waals surface area (Å²) in [7, 11) is 2.27. The monoisotopic (exact) mass is 302 g/mol. The van der Waals surface area contributed by atoms with Gasteiger partial charge in [-0.3, -0.25) is 4.90 Å². The summed E-state index contributed by atoms with van der Waals surface area (Å²) >= 11 is 0. The van der Waals surface area contributed by atoms with Crippen LogP contribution in [0.2, 0.25) is 0 Å². The van der Waals surface area contributed by atoms with Crippen LogP contribution in [0.15, 0.2) is 24.3 Å². The van der Waals surface area contributed by atoms with Gasteiger partial charge in [-0.2, -0.15) is 0 Å². The SMILES string of the molecule is CN1CC[C@H]2CN(Cc3ccc(CCC(C)(C)O)cc3)C[C@H]21. The average molecular weight is 302 g/mol. The number of fused-ring (bicyclic) bond motifs is 1. The highest BCUT2D eigenvalue weighted by Gasteiger charge is 2.39. The Hall–Kier alpha value is -0.900. The Morgan fingerprint density at radius 1 is 1.14 bits per heavy atom. The van der Waals surface area contributed by atoms with E-state index in [1.807, 2.05) is 13.8 Å². The van der Waals surface area contributed by atoms with Gasteiger partial charge in [-0.15, -0.1) is 0 Å². The lowest BCUT2D eigenvalue weighted by atomic mass is 9.98. The molecular weight excluding hydrogens is 272 g/mol. The summed E-state index contributed by atoms with van der Waals surface area (Å²) in [5, 5.41) is 9.81. The highest BCUT2D eigenvalue weighted by atomic mass is 16.3. The molecule has 3 heteroatoms. The Bertz CT molecular complexity index is 491. The van der Waals surface area contributed by atoms with Gasteiger partial charge in [-0.05, 0) is 63.7 Å². The maximum absolute atomic E-state index is 9.81. The number of hydrogen-bond acceptors (Lipinski definition) is 3. The van der Waals surface area contributed by atoms with Gasteiger partial charge in [-0.25, -0.2) is 0 Å². The Kier molecular flexibility index (Phi) is 4.58. The van der Waals surface area contributed by atoms with E-state index >= 15 is 0 Å². The minimum Gasteiger partial charge on any atom is -0.390 e. The highest BCUT2D eigenvalue weighted by molar-refractivity contribution is 5.23. The van der Waals surface area contributed by atoms with Crippen molar-refractivity contribution in [2.45, 2.75) is 51.3 Å². The van der Waals surface area contributed by atoms with Gasteiger partial charge in [0.15, 0.2) is 0 Å². The summed E-state index contributed by atoms with van der Waals surface area (Å²) in [6.07, 6.45) is 3.13. The van der Waals surface area contributed by atoms with Gasteiger partial charge in [0.2, 0.25) is 0 Å². The van der Waals surface area contributed by atoms with E-state index in [2.05, 4.69) is 41.1 Å². The number of likely N-dealkylation sites (N-methyl/N-ethyl adjacent to an activating group) is 1. The van der Waals surface area contributed by atoms with E-state index in [1.54, 1.807) is 0 Å². The van der Waals surface area contributed by atoms with Crippen LogP contribution in [0, 0.1) is 5.92 Å². The number of rotatable bonds is 5. The molecule has 0 bridgehead atoms. The molecule has 0 amide bonds. The van der Waals surface area contributed by atoms with Crippen molar-refractivity contribution in [2.24, 2.45) is 5.92 Å². The van der Waals surface area contributed by atoms with Crippen LogP contribution in [-0.2, 0) is 13.0 Å². The number of benzene rings is 1. The fourth-order valence-corrected chi connectivity index (χ4v) is 3.91. The van der Waals surface area contributed by atoms with Gasteiger partial charge in [0.25, 0.3) is 0 Å². The Balaban J connectivity index is 1.51. The molecule has 22 heavy (non-hydrogen) atoms. The van der Waals surface area contributed by atoms with Crippen molar-refractivity contribution in [3.05, 3.63) is 35.4 Å². The maximum atomic E-state index is 9.81. The summed E-state index contributed by atoms with van der Waals surface area (Å²) in [6, 6.07) is 9.76. The fourth-order valence-electron chi connectivity index (χ4n) is 3.91. The van der Waals surface area contributed by atoms with Crippen molar-refractivity contribution in [3.8, 4) is 0 Å². The predicted octanol–water partition coefficient (Wildman–Crippen LogP) is 2.53. The third-order valence-corrected chi connectivity index (χ3v) is 5.36. The molecule has 1 aromatic rings. The van der Waals surface area contributed by atoms with Crippen molar-refractivity contribution in [3.63, 3.8) is 0 Å². The van der Waals surface area contributed by atoms with Crippen molar-refractivity contribution >= 4 is 0 Å². The van der Waals surface area contributed by atoms with E-state index in [0.29, 0.717) is 0 Å². The molecular formula is C19H30N2O. The summed E-state index contributed by atoms with van der Waals surface area (Å²) in [5.41, 5.74) is 2.16. The van der Waals surface area contributed by atoms with E-state index in [0.717, 1.165) is 31.3 Å². The summed E-state index contributed by atoms with van der Waals surface area (Å²) in [5.74, 6) is 0.885. The Morgan fingerprint density at radius 2 is 1.82 bits per heavy atom. The predicted molar refractivity (Wildman–Crippen MR) is 90.9 cm³/mol. The lowest BCUT2D eigenvalue weighted by Crippen LogP contribution is -2.31. The van der Waals surface area contributed by atoms with Crippen molar-refractivity contribution in [2.75, 3.05) is 26.7 Å². The van der Waals surface area contributed by atoms with Crippen molar-refractivity contribution in [1.29, 1.82) is 0 Å². The summed E-state index contributed by atoms with van der Waals surface area (Å²) < 4.78 is 0. The van der Waals surface area contributed by atoms with Crippen molar-refractivity contribution < 1.29 is 5.11 Å². The van der Waals surface area contributed by atoms with Crippen LogP contribution in [0.3, 0.4) is 0 Å². The van der Waals surface area contributed by atoms with Crippen LogP contribution >= 0.6 is 0 Å². The number of nitrogens with zero attached hydrogens (tertiary/aromatic N) is 2. The third-order valence-electron chi connectivity index (χ3n) is 5.36. The first-order valence-electron chi connectivity index (χ1n) is 8.63. The lowest BCUT2D eigenvalue weighted by molar-refractivity contribution is 0.0714. The van der Waals surface area contributed by atoms with Crippen LogP contribution in [0.5, 0.6) is 0 Å². The zero-order chi connectivity index (χ0) is 15.7. The van der Waals surface area contributed by atoms with Crippen LogP contribution in [0.4, 0.5) is 0 Å². The molecule has 0 aromatic heterocycles. The van der Waals surface area contributed by atoms with Gasteiger partial charge in [-0.1, -0.05) is 24.3 Å². The molecule has 0 unspecified atom stereocenters. The van der Waals surface area contributed by atoms with Gasteiger partial charge in [0.1, 0.15) is 0 Å². The van der Waals surface area contributed by atoms with E-state index in [9.17, 15) is 5.11 Å². The second-order valence-corrected chi connectivity index (χ2v) is 7.92. The van der Waals surface area contributed by atoms with Crippen LogP contribution in [0.1, 0.15) is 37.8 Å². The maximum Gasteiger partial charge on any atom is 0.0594 e. The van der Waals surface area contributed by atoms with Crippen molar-refractivity contribution in [1.82, 2.24) is 9.80 Å². The van der Waals surface area contributed by atoms with Crippen LogP contribution in [-0.4, -0.2) is 53.2 Å². The first kappa shape index (κ1) is 16.0. The number of aliphatic hydroxyl groups is 1. The molecule has 2 aliphatic heterocycles.